The highest BCUT2D eigenvalue weighted by atomic mass is 35.5. The topological polar surface area (TPSA) is 72.9 Å². The van der Waals surface area contributed by atoms with Crippen molar-refractivity contribution in [2.45, 2.75) is 6.42 Å². The van der Waals surface area contributed by atoms with E-state index in [1.165, 1.54) is 0 Å². The van der Waals surface area contributed by atoms with Crippen LogP contribution in [-0.4, -0.2) is 28.8 Å². The third-order valence-corrected chi connectivity index (χ3v) is 3.20. The number of aromatic nitrogens is 2. The third kappa shape index (κ3) is 3.18. The van der Waals surface area contributed by atoms with Crippen molar-refractivity contribution in [1.82, 2.24) is 15.1 Å². The second kappa shape index (κ2) is 6.54. The molecule has 1 aromatic carbocycles. The van der Waals surface area contributed by atoms with Gasteiger partial charge < -0.3 is 11.1 Å². The number of hydrogen-bond acceptors (Lipinski definition) is 3. The van der Waals surface area contributed by atoms with E-state index in [1.807, 2.05) is 18.2 Å². The van der Waals surface area contributed by atoms with Crippen LogP contribution in [0.3, 0.4) is 0 Å². The molecule has 0 aliphatic rings. The molecule has 0 saturated carbocycles. The van der Waals surface area contributed by atoms with Gasteiger partial charge in [0.15, 0.2) is 0 Å². The Bertz CT molecular complexity index is 609. The van der Waals surface area contributed by atoms with Gasteiger partial charge in [0.25, 0.3) is 5.91 Å². The number of rotatable bonds is 5. The Kier molecular flexibility index (Phi) is 4.76. The van der Waals surface area contributed by atoms with Crippen LogP contribution < -0.4 is 11.1 Å². The van der Waals surface area contributed by atoms with Gasteiger partial charge in [-0.2, -0.15) is 5.10 Å². The lowest BCUT2D eigenvalue weighted by Crippen LogP contribution is -2.26. The first-order chi connectivity index (χ1) is 9.63. The van der Waals surface area contributed by atoms with E-state index in [2.05, 4.69) is 10.4 Å². The molecule has 106 valence electrons. The number of benzene rings is 1. The lowest BCUT2D eigenvalue weighted by molar-refractivity contribution is 0.0954. The molecule has 0 bridgehead atoms. The molecule has 2 rings (SSSR count). The van der Waals surface area contributed by atoms with E-state index >= 15 is 0 Å². The van der Waals surface area contributed by atoms with Crippen molar-refractivity contribution in [2.75, 3.05) is 13.1 Å². The molecule has 0 aliphatic heterocycles. The first-order valence-electron chi connectivity index (χ1n) is 6.40. The molecule has 2 aromatic rings. The van der Waals surface area contributed by atoms with Crippen LogP contribution in [0.2, 0.25) is 5.02 Å². The molecule has 0 unspecified atom stereocenters. The van der Waals surface area contributed by atoms with Gasteiger partial charge in [-0.05, 0) is 19.0 Å². The fraction of sp³-hybridized carbons (Fsp3) is 0.286. The van der Waals surface area contributed by atoms with Crippen LogP contribution in [0.1, 0.15) is 16.8 Å². The van der Waals surface area contributed by atoms with E-state index in [1.54, 1.807) is 24.0 Å². The second-order valence-electron chi connectivity index (χ2n) is 4.44. The van der Waals surface area contributed by atoms with E-state index in [4.69, 9.17) is 17.3 Å². The van der Waals surface area contributed by atoms with Crippen LogP contribution in [0, 0.1) is 0 Å². The van der Waals surface area contributed by atoms with Gasteiger partial charge in [-0.25, -0.2) is 0 Å². The molecule has 0 radical (unpaired) electrons. The zero-order valence-corrected chi connectivity index (χ0v) is 12.0. The monoisotopic (exact) mass is 292 g/mol. The maximum absolute atomic E-state index is 12.2. The molecule has 1 aromatic heterocycles. The molecule has 1 heterocycles. The minimum Gasteiger partial charge on any atom is -0.352 e. The number of hydrogen-bond donors (Lipinski definition) is 2. The van der Waals surface area contributed by atoms with Crippen LogP contribution in [0.5, 0.6) is 0 Å². The Balaban J connectivity index is 2.31. The molecule has 3 N–H and O–H groups in total. The Labute approximate surface area is 122 Å². The van der Waals surface area contributed by atoms with Crippen molar-refractivity contribution in [1.29, 1.82) is 0 Å². The molecule has 20 heavy (non-hydrogen) atoms. The summed E-state index contributed by atoms with van der Waals surface area (Å²) < 4.78 is 1.61. The van der Waals surface area contributed by atoms with Gasteiger partial charge in [0, 0.05) is 25.4 Å². The summed E-state index contributed by atoms with van der Waals surface area (Å²) >= 11 is 6.17. The predicted molar refractivity (Wildman–Crippen MR) is 79.7 cm³/mol. The number of nitrogens with two attached hydrogens (primary N) is 1. The fourth-order valence-electron chi connectivity index (χ4n) is 1.91. The van der Waals surface area contributed by atoms with Crippen molar-refractivity contribution in [3.05, 3.63) is 41.0 Å². The summed E-state index contributed by atoms with van der Waals surface area (Å²) in [5, 5.41) is 7.74. The zero-order valence-electron chi connectivity index (χ0n) is 11.3. The van der Waals surface area contributed by atoms with Crippen molar-refractivity contribution >= 4 is 17.5 Å². The predicted octanol–water partition coefficient (Wildman–Crippen LogP) is 1.82. The molecule has 0 atom stereocenters. The summed E-state index contributed by atoms with van der Waals surface area (Å²) in [6.45, 7) is 1.09. The lowest BCUT2D eigenvalue weighted by Gasteiger charge is -2.05. The standard InChI is InChI=1S/C14H17ClN4O/c1-19-9-11(14(20)17-8-4-7-16)13(18-19)10-5-2-3-6-12(10)15/h2-3,5-6,9H,4,7-8,16H2,1H3,(H,17,20). The summed E-state index contributed by atoms with van der Waals surface area (Å²) in [5.74, 6) is -0.165. The fourth-order valence-corrected chi connectivity index (χ4v) is 2.13. The van der Waals surface area contributed by atoms with Crippen molar-refractivity contribution in [3.63, 3.8) is 0 Å². The minimum absolute atomic E-state index is 0.165. The summed E-state index contributed by atoms with van der Waals surface area (Å²) in [5.41, 5.74) is 7.26. The number of nitrogens with one attached hydrogen (secondary N) is 1. The highest BCUT2D eigenvalue weighted by Gasteiger charge is 2.18. The first kappa shape index (κ1) is 14.6. The number of nitrogens with zero attached hydrogens (tertiary/aromatic N) is 2. The SMILES string of the molecule is Cn1cc(C(=O)NCCCN)c(-c2ccccc2Cl)n1. The number of carbonyl (C=O) groups excluding carboxylic acids is 1. The summed E-state index contributed by atoms with van der Waals surface area (Å²) in [4.78, 5) is 12.2. The first-order valence-corrected chi connectivity index (χ1v) is 6.78. The van der Waals surface area contributed by atoms with Gasteiger partial charge in [0.2, 0.25) is 0 Å². The van der Waals surface area contributed by atoms with Gasteiger partial charge in [-0.15, -0.1) is 0 Å². The van der Waals surface area contributed by atoms with E-state index in [-0.39, 0.29) is 5.91 Å². The molecule has 5 nitrogen and oxygen atoms in total. The van der Waals surface area contributed by atoms with Gasteiger partial charge in [0.1, 0.15) is 5.69 Å². The minimum atomic E-state index is -0.165. The van der Waals surface area contributed by atoms with E-state index < -0.39 is 0 Å². The summed E-state index contributed by atoms with van der Waals surface area (Å²) in [6.07, 6.45) is 2.43. The highest BCUT2D eigenvalue weighted by Crippen LogP contribution is 2.28. The molecule has 1 amide bonds. The van der Waals surface area contributed by atoms with Gasteiger partial charge in [-0.3, -0.25) is 9.48 Å². The molecule has 0 aliphatic carbocycles. The van der Waals surface area contributed by atoms with Gasteiger partial charge in [0.05, 0.1) is 10.6 Å². The Hall–Kier alpha value is -1.85. The summed E-state index contributed by atoms with van der Waals surface area (Å²) in [7, 11) is 1.77. The third-order valence-electron chi connectivity index (χ3n) is 2.87. The quantitative estimate of drug-likeness (QED) is 0.826. The van der Waals surface area contributed by atoms with Crippen LogP contribution in [-0.2, 0) is 7.05 Å². The van der Waals surface area contributed by atoms with E-state index in [9.17, 15) is 4.79 Å². The number of carbonyl (C=O) groups is 1. The largest absolute Gasteiger partial charge is 0.352 e. The molecule has 0 fully saturated rings. The van der Waals surface area contributed by atoms with Crippen LogP contribution >= 0.6 is 11.6 Å². The lowest BCUT2D eigenvalue weighted by atomic mass is 10.1. The Morgan fingerprint density at radius 2 is 2.20 bits per heavy atom. The van der Waals surface area contributed by atoms with Gasteiger partial charge >= 0.3 is 0 Å². The normalized spacial score (nSPS) is 10.6. The zero-order chi connectivity index (χ0) is 14.5. The average molecular weight is 293 g/mol. The van der Waals surface area contributed by atoms with Crippen molar-refractivity contribution in [2.24, 2.45) is 12.8 Å². The summed E-state index contributed by atoms with van der Waals surface area (Å²) in [6, 6.07) is 7.34. The van der Waals surface area contributed by atoms with Crippen molar-refractivity contribution in [3.8, 4) is 11.3 Å². The number of halogens is 1. The van der Waals surface area contributed by atoms with Crippen LogP contribution in [0.25, 0.3) is 11.3 Å². The Morgan fingerprint density at radius 1 is 1.45 bits per heavy atom. The number of amides is 1. The van der Waals surface area contributed by atoms with E-state index in [0.29, 0.717) is 29.4 Å². The molecular weight excluding hydrogens is 276 g/mol. The molecule has 0 saturated heterocycles. The van der Waals surface area contributed by atoms with Crippen LogP contribution in [0.15, 0.2) is 30.5 Å². The Morgan fingerprint density at radius 3 is 2.90 bits per heavy atom. The van der Waals surface area contributed by atoms with Crippen molar-refractivity contribution < 1.29 is 4.79 Å². The van der Waals surface area contributed by atoms with Gasteiger partial charge in [-0.1, -0.05) is 29.8 Å². The highest BCUT2D eigenvalue weighted by molar-refractivity contribution is 6.33. The maximum atomic E-state index is 12.2. The molecule has 6 heteroatoms. The second-order valence-corrected chi connectivity index (χ2v) is 4.85. The maximum Gasteiger partial charge on any atom is 0.255 e. The number of aryl methyl sites for hydroxylation is 1. The van der Waals surface area contributed by atoms with E-state index in [0.717, 1.165) is 12.0 Å². The molecular formula is C14H17ClN4O. The molecule has 0 spiro atoms. The smallest absolute Gasteiger partial charge is 0.255 e. The van der Waals surface area contributed by atoms with Crippen LogP contribution in [0.4, 0.5) is 0 Å². The average Bonchev–Trinajstić information content (AvgIpc) is 2.81.